The summed E-state index contributed by atoms with van der Waals surface area (Å²) in [6.07, 6.45) is 0.937. The van der Waals surface area contributed by atoms with Crippen molar-refractivity contribution in [1.82, 2.24) is 25.5 Å². The maximum absolute atomic E-state index is 12.2. The molecule has 1 atom stereocenters. The first-order valence-electron chi connectivity index (χ1n) is 7.07. The number of nitrogens with one attached hydrogen (secondary N) is 1. The van der Waals surface area contributed by atoms with Crippen molar-refractivity contribution in [2.24, 2.45) is 0 Å². The number of amides is 1. The predicted molar refractivity (Wildman–Crippen MR) is 79.7 cm³/mol. The van der Waals surface area contributed by atoms with E-state index in [4.69, 9.17) is 9.52 Å². The highest BCUT2D eigenvalue weighted by molar-refractivity contribution is 5.79. The largest absolute Gasteiger partial charge is 0.502 e. The van der Waals surface area contributed by atoms with Gasteiger partial charge in [0.1, 0.15) is 18.1 Å². The summed E-state index contributed by atoms with van der Waals surface area (Å²) < 4.78 is 6.49. The molecule has 9 nitrogen and oxygen atoms in total. The fraction of sp³-hybridized carbons (Fsp3) is 0.500. The molecule has 0 aliphatic rings. The second-order valence-corrected chi connectivity index (χ2v) is 6.19. The highest BCUT2D eigenvalue weighted by atomic mass is 16.4. The molecule has 0 bridgehead atoms. The molecule has 1 amide bonds. The second-order valence-electron chi connectivity index (χ2n) is 6.19. The van der Waals surface area contributed by atoms with Crippen LogP contribution in [-0.4, -0.2) is 31.2 Å². The third-order valence-electron chi connectivity index (χ3n) is 3.21. The van der Waals surface area contributed by atoms with Crippen molar-refractivity contribution in [1.29, 1.82) is 0 Å². The average molecular weight is 321 g/mol. The van der Waals surface area contributed by atoms with Crippen molar-refractivity contribution in [3.63, 3.8) is 0 Å². The number of carbonyl (C=O) groups is 1. The fourth-order valence-electron chi connectivity index (χ4n) is 1.92. The van der Waals surface area contributed by atoms with Crippen LogP contribution in [0.4, 0.5) is 0 Å². The van der Waals surface area contributed by atoms with E-state index in [0.29, 0.717) is 5.82 Å². The van der Waals surface area contributed by atoms with Crippen molar-refractivity contribution in [2.75, 3.05) is 0 Å². The van der Waals surface area contributed by atoms with Gasteiger partial charge in [0.2, 0.25) is 11.3 Å². The number of rotatable bonds is 4. The van der Waals surface area contributed by atoms with Crippen LogP contribution in [0.2, 0.25) is 0 Å². The molecule has 2 aromatic rings. The summed E-state index contributed by atoms with van der Waals surface area (Å²) in [5.74, 6) is 0.0351. The van der Waals surface area contributed by atoms with E-state index in [1.54, 1.807) is 6.92 Å². The highest BCUT2D eigenvalue weighted by Crippen LogP contribution is 2.21. The molecule has 2 heterocycles. The number of hydrogen-bond donors (Lipinski definition) is 2. The molecule has 9 heteroatoms. The Balaban J connectivity index is 2.07. The lowest BCUT2D eigenvalue weighted by Gasteiger charge is -2.20. The van der Waals surface area contributed by atoms with Crippen LogP contribution in [-0.2, 0) is 16.8 Å². The Labute approximate surface area is 132 Å². The number of aromatic hydroxyl groups is 1. The molecule has 0 aliphatic heterocycles. The standard InChI is InChI=1S/C14H19N5O4/c1-8(19-13(14(2,3)4)16-17-18-19)12(22)15-6-9-5-10(20)11(21)7-23-9/h5,7-8,21H,6H2,1-4H3,(H,15,22). The molecule has 124 valence electrons. The second kappa shape index (κ2) is 6.19. The van der Waals surface area contributed by atoms with Gasteiger partial charge in [-0.2, -0.15) is 0 Å². The van der Waals surface area contributed by atoms with Crippen LogP contribution < -0.4 is 10.7 Å². The van der Waals surface area contributed by atoms with Gasteiger partial charge in [0.25, 0.3) is 0 Å². The molecule has 1 unspecified atom stereocenters. The van der Waals surface area contributed by atoms with Gasteiger partial charge in [-0.1, -0.05) is 20.8 Å². The lowest BCUT2D eigenvalue weighted by Crippen LogP contribution is -2.34. The maximum Gasteiger partial charge on any atom is 0.245 e. The average Bonchev–Trinajstić information content (AvgIpc) is 2.97. The predicted octanol–water partition coefficient (Wildman–Crippen LogP) is 0.507. The van der Waals surface area contributed by atoms with E-state index in [9.17, 15) is 9.59 Å². The summed E-state index contributed by atoms with van der Waals surface area (Å²) in [5.41, 5.74) is -0.869. The molecule has 0 radical (unpaired) electrons. The van der Waals surface area contributed by atoms with Gasteiger partial charge in [0.15, 0.2) is 11.6 Å². The molecule has 2 rings (SSSR count). The van der Waals surface area contributed by atoms with Crippen molar-refractivity contribution < 1.29 is 14.3 Å². The van der Waals surface area contributed by atoms with Crippen LogP contribution in [0.15, 0.2) is 21.5 Å². The number of aromatic nitrogens is 4. The van der Waals surface area contributed by atoms with Gasteiger partial charge >= 0.3 is 0 Å². The zero-order valence-electron chi connectivity index (χ0n) is 13.4. The summed E-state index contributed by atoms with van der Waals surface area (Å²) in [6.45, 7) is 7.54. The number of nitrogens with zero attached hydrogens (tertiary/aromatic N) is 4. The van der Waals surface area contributed by atoms with Crippen molar-refractivity contribution in [2.45, 2.75) is 45.7 Å². The third kappa shape index (κ3) is 3.74. The van der Waals surface area contributed by atoms with Crippen molar-refractivity contribution >= 4 is 5.91 Å². The SMILES string of the molecule is CC(C(=O)NCc1cc(=O)c(O)co1)n1nnnc1C(C)(C)C. The van der Waals surface area contributed by atoms with Gasteiger partial charge in [-0.15, -0.1) is 5.10 Å². The monoisotopic (exact) mass is 321 g/mol. The van der Waals surface area contributed by atoms with Crippen molar-refractivity contribution in [3.8, 4) is 5.75 Å². The van der Waals surface area contributed by atoms with Crippen LogP contribution >= 0.6 is 0 Å². The molecule has 2 N–H and O–H groups in total. The van der Waals surface area contributed by atoms with E-state index < -0.39 is 17.2 Å². The maximum atomic E-state index is 12.2. The van der Waals surface area contributed by atoms with E-state index in [1.807, 2.05) is 20.8 Å². The van der Waals surface area contributed by atoms with Crippen LogP contribution in [0.5, 0.6) is 5.75 Å². The minimum Gasteiger partial charge on any atom is -0.502 e. The highest BCUT2D eigenvalue weighted by Gasteiger charge is 2.27. The Morgan fingerprint density at radius 3 is 2.78 bits per heavy atom. The zero-order chi connectivity index (χ0) is 17.2. The Bertz CT molecular complexity index is 759. The molecule has 0 saturated heterocycles. The molecule has 0 spiro atoms. The lowest BCUT2D eigenvalue weighted by molar-refractivity contribution is -0.124. The van der Waals surface area contributed by atoms with Gasteiger partial charge in [-0.05, 0) is 17.4 Å². The first kappa shape index (κ1) is 16.7. The first-order valence-corrected chi connectivity index (χ1v) is 7.07. The van der Waals surface area contributed by atoms with Gasteiger partial charge in [0, 0.05) is 11.5 Å². The van der Waals surface area contributed by atoms with Crippen molar-refractivity contribution in [3.05, 3.63) is 34.1 Å². The Morgan fingerprint density at radius 1 is 1.48 bits per heavy atom. The molecule has 0 aliphatic carbocycles. The Kier molecular flexibility index (Phi) is 4.48. The molecule has 0 aromatic carbocycles. The molecule has 23 heavy (non-hydrogen) atoms. The van der Waals surface area contributed by atoms with Crippen LogP contribution in [0, 0.1) is 0 Å². The summed E-state index contributed by atoms with van der Waals surface area (Å²) in [4.78, 5) is 23.6. The van der Waals surface area contributed by atoms with Crippen LogP contribution in [0.25, 0.3) is 0 Å². The fourth-order valence-corrected chi connectivity index (χ4v) is 1.92. The molecule has 0 fully saturated rings. The number of carbonyl (C=O) groups excluding carboxylic acids is 1. The van der Waals surface area contributed by atoms with Crippen LogP contribution in [0.1, 0.15) is 45.3 Å². The van der Waals surface area contributed by atoms with Gasteiger partial charge in [0.05, 0.1) is 6.54 Å². The van der Waals surface area contributed by atoms with E-state index >= 15 is 0 Å². The van der Waals surface area contributed by atoms with E-state index in [0.717, 1.165) is 12.3 Å². The van der Waals surface area contributed by atoms with E-state index in [-0.39, 0.29) is 23.6 Å². The summed E-state index contributed by atoms with van der Waals surface area (Å²) in [5, 5.41) is 23.2. The first-order chi connectivity index (χ1) is 10.7. The third-order valence-corrected chi connectivity index (χ3v) is 3.21. The minimum atomic E-state index is -0.622. The molecule has 2 aromatic heterocycles. The van der Waals surface area contributed by atoms with Crippen LogP contribution in [0.3, 0.4) is 0 Å². The van der Waals surface area contributed by atoms with Gasteiger partial charge in [-0.3, -0.25) is 9.59 Å². The van der Waals surface area contributed by atoms with E-state index in [1.165, 1.54) is 4.68 Å². The molecule has 0 saturated carbocycles. The quantitative estimate of drug-likeness (QED) is 0.840. The van der Waals surface area contributed by atoms with Gasteiger partial charge in [-0.25, -0.2) is 4.68 Å². The summed E-state index contributed by atoms with van der Waals surface area (Å²) in [7, 11) is 0. The topological polar surface area (TPSA) is 123 Å². The lowest BCUT2D eigenvalue weighted by atomic mass is 9.95. The number of tetrazole rings is 1. The summed E-state index contributed by atoms with van der Waals surface area (Å²) >= 11 is 0. The number of hydrogen-bond acceptors (Lipinski definition) is 7. The minimum absolute atomic E-state index is 0.0195. The zero-order valence-corrected chi connectivity index (χ0v) is 13.4. The van der Waals surface area contributed by atoms with E-state index in [2.05, 4.69) is 20.8 Å². The normalized spacial score (nSPS) is 12.9. The molecular formula is C14H19N5O4. The Morgan fingerprint density at radius 2 is 2.17 bits per heavy atom. The summed E-state index contributed by atoms with van der Waals surface area (Å²) in [6, 6.07) is 0.501. The molecular weight excluding hydrogens is 302 g/mol. The van der Waals surface area contributed by atoms with Gasteiger partial charge < -0.3 is 14.8 Å². The Hall–Kier alpha value is -2.71. The smallest absolute Gasteiger partial charge is 0.245 e.